The van der Waals surface area contributed by atoms with Gasteiger partial charge in [0.25, 0.3) is 0 Å². The zero-order valence-corrected chi connectivity index (χ0v) is 17.0. The van der Waals surface area contributed by atoms with Crippen LogP contribution in [0.1, 0.15) is 44.0 Å². The second-order valence-corrected chi connectivity index (χ2v) is 8.19. The summed E-state index contributed by atoms with van der Waals surface area (Å²) in [6.07, 6.45) is 3.59. The van der Waals surface area contributed by atoms with Gasteiger partial charge in [-0.05, 0) is 48.3 Å². The number of hydrogen-bond acceptors (Lipinski definition) is 3. The first-order valence-electron chi connectivity index (χ1n) is 8.19. The predicted molar refractivity (Wildman–Crippen MR) is 103 cm³/mol. The average molecular weight is 463 g/mol. The molecule has 130 valence electrons. The second-order valence-electron chi connectivity index (χ2n) is 6.67. The molecule has 2 aromatic heterocycles. The van der Waals surface area contributed by atoms with Crippen LogP contribution in [0.5, 0.6) is 0 Å². The van der Waals surface area contributed by atoms with Gasteiger partial charge in [0, 0.05) is 30.9 Å². The number of hydrogen-bond donors (Lipinski definition) is 0. The Kier molecular flexibility index (Phi) is 5.34. The quantitative estimate of drug-likeness (QED) is 0.601. The Balaban J connectivity index is 1.96. The van der Waals surface area contributed by atoms with Crippen molar-refractivity contribution in [1.82, 2.24) is 14.8 Å². The first kappa shape index (κ1) is 17.9. The van der Waals surface area contributed by atoms with Crippen molar-refractivity contribution in [2.24, 2.45) is 5.92 Å². The maximum atomic E-state index is 14.0. The van der Waals surface area contributed by atoms with Crippen molar-refractivity contribution in [3.05, 3.63) is 38.1 Å². The van der Waals surface area contributed by atoms with Crippen molar-refractivity contribution in [3.63, 3.8) is 0 Å². The average Bonchev–Trinajstić information content (AvgIpc) is 3.07. The highest BCUT2D eigenvalue weighted by molar-refractivity contribution is 14.1. The molecule has 1 aliphatic rings. The molecule has 1 atom stereocenters. The number of pyridine rings is 1. The van der Waals surface area contributed by atoms with Crippen LogP contribution in [0.3, 0.4) is 0 Å². The van der Waals surface area contributed by atoms with Gasteiger partial charge in [-0.2, -0.15) is 5.10 Å². The van der Waals surface area contributed by atoms with Crippen molar-refractivity contribution < 1.29 is 4.39 Å². The molecule has 1 aliphatic heterocycles. The summed E-state index contributed by atoms with van der Waals surface area (Å²) < 4.78 is 16.4. The summed E-state index contributed by atoms with van der Waals surface area (Å²) in [5.74, 6) is 0.911. The van der Waals surface area contributed by atoms with E-state index in [1.165, 1.54) is 6.07 Å². The van der Waals surface area contributed by atoms with Crippen LogP contribution < -0.4 is 4.90 Å². The van der Waals surface area contributed by atoms with E-state index in [2.05, 4.69) is 28.8 Å². The molecule has 0 aliphatic carbocycles. The molecule has 24 heavy (non-hydrogen) atoms. The summed E-state index contributed by atoms with van der Waals surface area (Å²) in [5, 5.41) is 5.32. The van der Waals surface area contributed by atoms with Crippen LogP contribution in [0.15, 0.2) is 12.3 Å². The Morgan fingerprint density at radius 1 is 1.46 bits per heavy atom. The molecule has 3 rings (SSSR count). The van der Waals surface area contributed by atoms with Crippen LogP contribution in [0.4, 0.5) is 10.2 Å². The summed E-state index contributed by atoms with van der Waals surface area (Å²) in [5.41, 5.74) is 2.00. The maximum absolute atomic E-state index is 14.0. The first-order valence-corrected chi connectivity index (χ1v) is 9.64. The van der Waals surface area contributed by atoms with Gasteiger partial charge in [0.1, 0.15) is 16.8 Å². The summed E-state index contributed by atoms with van der Waals surface area (Å²) in [7, 11) is 0. The minimum Gasteiger partial charge on any atom is -0.349 e. The number of aromatic nitrogens is 3. The SMILES string of the molecule is Cc1nn(CC(C)C)c(Cl)c1C1CCCN1c1cc(F)c(I)cn1. The van der Waals surface area contributed by atoms with Gasteiger partial charge in [0.2, 0.25) is 0 Å². The van der Waals surface area contributed by atoms with Crippen molar-refractivity contribution in [3.8, 4) is 0 Å². The molecule has 0 spiro atoms. The normalized spacial score (nSPS) is 18.0. The molecule has 0 saturated carbocycles. The van der Waals surface area contributed by atoms with Gasteiger partial charge in [-0.1, -0.05) is 25.4 Å². The smallest absolute Gasteiger partial charge is 0.141 e. The Hall–Kier alpha value is -0.890. The van der Waals surface area contributed by atoms with Gasteiger partial charge in [-0.15, -0.1) is 0 Å². The monoisotopic (exact) mass is 462 g/mol. The lowest BCUT2D eigenvalue weighted by atomic mass is 10.1. The standard InChI is InChI=1S/C17H21ClFIN4/c1-10(2)9-24-17(18)16(11(3)22-24)14-5-4-6-23(14)15-7-12(19)13(20)8-21-15/h7-8,10,14H,4-6,9H2,1-3H3. The van der Waals surface area contributed by atoms with Crippen LogP contribution >= 0.6 is 34.2 Å². The van der Waals surface area contributed by atoms with E-state index in [4.69, 9.17) is 11.6 Å². The minimum absolute atomic E-state index is 0.102. The predicted octanol–water partition coefficient (Wildman–Crippen LogP) is 4.98. The van der Waals surface area contributed by atoms with Crippen LogP contribution in [0.2, 0.25) is 5.15 Å². The molecule has 7 heteroatoms. The number of rotatable bonds is 4. The molecule has 2 aromatic rings. The van der Waals surface area contributed by atoms with Crippen molar-refractivity contribution >= 4 is 40.0 Å². The van der Waals surface area contributed by atoms with E-state index >= 15 is 0 Å². The molecule has 0 amide bonds. The van der Waals surface area contributed by atoms with Crippen molar-refractivity contribution in [1.29, 1.82) is 0 Å². The van der Waals surface area contributed by atoms with Crippen LogP contribution in [0.25, 0.3) is 0 Å². The van der Waals surface area contributed by atoms with Crippen LogP contribution in [-0.2, 0) is 6.54 Å². The minimum atomic E-state index is -0.232. The number of anilines is 1. The molecule has 0 N–H and O–H groups in total. The third-order valence-corrected chi connectivity index (χ3v) is 5.51. The van der Waals surface area contributed by atoms with Gasteiger partial charge in [-0.25, -0.2) is 9.37 Å². The van der Waals surface area contributed by atoms with E-state index < -0.39 is 0 Å². The highest BCUT2D eigenvalue weighted by atomic mass is 127. The fourth-order valence-electron chi connectivity index (χ4n) is 3.31. The Bertz CT molecular complexity index is 746. The van der Waals surface area contributed by atoms with E-state index in [-0.39, 0.29) is 11.9 Å². The largest absolute Gasteiger partial charge is 0.349 e. The molecule has 1 unspecified atom stereocenters. The number of aryl methyl sites for hydroxylation is 1. The molecule has 1 saturated heterocycles. The van der Waals surface area contributed by atoms with Gasteiger partial charge >= 0.3 is 0 Å². The molecular weight excluding hydrogens is 442 g/mol. The van der Waals surface area contributed by atoms with E-state index in [0.29, 0.717) is 20.5 Å². The second kappa shape index (κ2) is 7.15. The van der Waals surface area contributed by atoms with Crippen molar-refractivity contribution in [2.45, 2.75) is 46.2 Å². The zero-order chi connectivity index (χ0) is 17.4. The van der Waals surface area contributed by atoms with Gasteiger partial charge < -0.3 is 4.90 Å². The Morgan fingerprint density at radius 3 is 2.88 bits per heavy atom. The molecule has 0 radical (unpaired) electrons. The molecule has 3 heterocycles. The number of halogens is 3. The lowest BCUT2D eigenvalue weighted by Crippen LogP contribution is -2.24. The van der Waals surface area contributed by atoms with E-state index in [9.17, 15) is 4.39 Å². The fraction of sp³-hybridized carbons (Fsp3) is 0.529. The Morgan fingerprint density at radius 2 is 2.21 bits per heavy atom. The summed E-state index contributed by atoms with van der Waals surface area (Å²) in [6.45, 7) is 7.93. The fourth-order valence-corrected chi connectivity index (χ4v) is 3.98. The third kappa shape index (κ3) is 3.40. The third-order valence-electron chi connectivity index (χ3n) is 4.32. The summed E-state index contributed by atoms with van der Waals surface area (Å²) in [4.78, 5) is 6.57. The van der Waals surface area contributed by atoms with Crippen LogP contribution in [-0.4, -0.2) is 21.3 Å². The number of nitrogens with zero attached hydrogens (tertiary/aromatic N) is 4. The van der Waals surface area contributed by atoms with E-state index in [1.807, 2.05) is 34.2 Å². The van der Waals surface area contributed by atoms with Crippen LogP contribution in [0, 0.1) is 22.2 Å². The lowest BCUT2D eigenvalue weighted by Gasteiger charge is -2.26. The summed E-state index contributed by atoms with van der Waals surface area (Å²) in [6, 6.07) is 1.62. The van der Waals surface area contributed by atoms with E-state index in [1.54, 1.807) is 6.20 Å². The molecule has 1 fully saturated rings. The first-order chi connectivity index (χ1) is 11.4. The zero-order valence-electron chi connectivity index (χ0n) is 14.1. The molecular formula is C17H21ClFIN4. The Labute approximate surface area is 160 Å². The topological polar surface area (TPSA) is 34.0 Å². The van der Waals surface area contributed by atoms with Gasteiger partial charge in [0.15, 0.2) is 0 Å². The lowest BCUT2D eigenvalue weighted by molar-refractivity contribution is 0.481. The van der Waals surface area contributed by atoms with Crippen molar-refractivity contribution in [2.75, 3.05) is 11.4 Å². The highest BCUT2D eigenvalue weighted by Crippen LogP contribution is 2.40. The van der Waals surface area contributed by atoms with Gasteiger partial charge in [0.05, 0.1) is 15.3 Å². The van der Waals surface area contributed by atoms with Gasteiger partial charge in [-0.3, -0.25) is 4.68 Å². The highest BCUT2D eigenvalue weighted by Gasteiger charge is 2.32. The maximum Gasteiger partial charge on any atom is 0.141 e. The molecule has 4 nitrogen and oxygen atoms in total. The molecule has 0 bridgehead atoms. The summed E-state index contributed by atoms with van der Waals surface area (Å²) >= 11 is 8.60. The molecule has 0 aromatic carbocycles. The van der Waals surface area contributed by atoms with E-state index in [0.717, 1.165) is 37.2 Å².